The van der Waals surface area contributed by atoms with Crippen molar-refractivity contribution >= 4 is 17.5 Å². The first-order chi connectivity index (χ1) is 8.50. The van der Waals surface area contributed by atoms with Crippen molar-refractivity contribution in [2.45, 2.75) is 0 Å². The number of amides is 2. The van der Waals surface area contributed by atoms with E-state index in [-0.39, 0.29) is 11.1 Å². The van der Waals surface area contributed by atoms with E-state index in [1.54, 1.807) is 0 Å². The first kappa shape index (κ1) is 13.9. The van der Waals surface area contributed by atoms with E-state index in [9.17, 15) is 14.4 Å². The summed E-state index contributed by atoms with van der Waals surface area (Å²) in [5.41, 5.74) is -0.312. The van der Waals surface area contributed by atoms with Crippen LogP contribution < -0.4 is 16.1 Å². The van der Waals surface area contributed by atoms with Crippen LogP contribution >= 0.6 is 0 Å². The van der Waals surface area contributed by atoms with Crippen molar-refractivity contribution in [1.29, 1.82) is 0 Å². The Kier molecular flexibility index (Phi) is 5.06. The molecule has 0 aliphatic heterocycles. The maximum absolute atomic E-state index is 11.5. The van der Waals surface area contributed by atoms with Gasteiger partial charge in [0.15, 0.2) is 0 Å². The maximum atomic E-state index is 11.5. The molecule has 0 saturated carbocycles. The summed E-state index contributed by atoms with van der Waals surface area (Å²) < 4.78 is 0. The summed E-state index contributed by atoms with van der Waals surface area (Å²) in [7, 11) is 3.71. The molecule has 0 atom stereocenters. The van der Waals surface area contributed by atoms with E-state index in [2.05, 4.69) is 15.6 Å². The lowest BCUT2D eigenvalue weighted by molar-refractivity contribution is -0.136. The normalized spacial score (nSPS) is 10.2. The van der Waals surface area contributed by atoms with Gasteiger partial charge in [0.25, 0.3) is 0 Å². The maximum Gasteiger partial charge on any atom is 0.313 e. The fourth-order valence-electron chi connectivity index (χ4n) is 1.17. The van der Waals surface area contributed by atoms with Crippen LogP contribution in [-0.4, -0.2) is 48.9 Å². The molecular formula is C11H16N4O3. The number of aromatic nitrogens is 1. The Hall–Kier alpha value is -2.15. The topological polar surface area (TPSA) is 94.3 Å². The lowest BCUT2D eigenvalue weighted by Crippen LogP contribution is -2.39. The quantitative estimate of drug-likeness (QED) is 0.598. The number of rotatable bonds is 4. The highest BCUT2D eigenvalue weighted by Crippen LogP contribution is 1.94. The monoisotopic (exact) mass is 252 g/mol. The largest absolute Gasteiger partial charge is 0.366 e. The van der Waals surface area contributed by atoms with Crippen LogP contribution in [-0.2, 0) is 9.59 Å². The summed E-state index contributed by atoms with van der Waals surface area (Å²) in [6.45, 7) is 0.995. The average Bonchev–Trinajstić information content (AvgIpc) is 2.31. The standard InChI is InChI=1S/C11H16N4O3/c1-15(2)6-5-13-10(17)11(18)14-8-7-12-4-3-9(8)16/h3-4,7H,5-6H2,1-2H3,(H,12,16)(H,13,17)(H,14,18). The van der Waals surface area contributed by atoms with E-state index in [0.29, 0.717) is 13.1 Å². The van der Waals surface area contributed by atoms with Crippen molar-refractivity contribution in [3.63, 3.8) is 0 Å². The molecular weight excluding hydrogens is 236 g/mol. The van der Waals surface area contributed by atoms with Crippen LogP contribution in [0.15, 0.2) is 23.3 Å². The fraction of sp³-hybridized carbons (Fsp3) is 0.364. The van der Waals surface area contributed by atoms with E-state index in [4.69, 9.17) is 0 Å². The van der Waals surface area contributed by atoms with Crippen molar-refractivity contribution in [3.05, 3.63) is 28.7 Å². The van der Waals surface area contributed by atoms with Crippen LogP contribution in [0.3, 0.4) is 0 Å². The van der Waals surface area contributed by atoms with Crippen molar-refractivity contribution in [2.24, 2.45) is 0 Å². The van der Waals surface area contributed by atoms with E-state index in [0.717, 1.165) is 0 Å². The van der Waals surface area contributed by atoms with Gasteiger partial charge in [-0.2, -0.15) is 0 Å². The molecule has 7 heteroatoms. The summed E-state index contributed by atoms with van der Waals surface area (Å²) in [4.78, 5) is 38.7. The molecule has 0 unspecified atom stereocenters. The minimum atomic E-state index is -0.856. The third kappa shape index (κ3) is 4.38. The Balaban J connectivity index is 2.48. The van der Waals surface area contributed by atoms with E-state index in [1.807, 2.05) is 19.0 Å². The molecule has 0 aliphatic rings. The minimum Gasteiger partial charge on any atom is -0.366 e. The summed E-state index contributed by atoms with van der Waals surface area (Å²) in [5, 5.41) is 4.69. The Labute approximate surface area is 104 Å². The highest BCUT2D eigenvalue weighted by atomic mass is 16.2. The first-order valence-corrected chi connectivity index (χ1v) is 5.41. The number of nitrogens with one attached hydrogen (secondary N) is 3. The average molecular weight is 252 g/mol. The number of carbonyl (C=O) groups excluding carboxylic acids is 2. The highest BCUT2D eigenvalue weighted by Gasteiger charge is 2.14. The number of hydrogen-bond donors (Lipinski definition) is 3. The predicted octanol–water partition coefficient (Wildman–Crippen LogP) is -1.01. The molecule has 0 bridgehead atoms. The second-order valence-electron chi connectivity index (χ2n) is 3.94. The number of aromatic amines is 1. The van der Waals surface area contributed by atoms with Crippen LogP contribution in [0, 0.1) is 0 Å². The molecule has 1 aromatic heterocycles. The number of hydrogen-bond acceptors (Lipinski definition) is 4. The number of nitrogens with zero attached hydrogens (tertiary/aromatic N) is 1. The third-order valence-corrected chi connectivity index (χ3v) is 2.12. The summed E-state index contributed by atoms with van der Waals surface area (Å²) in [5.74, 6) is -1.62. The number of carbonyl (C=O) groups is 2. The third-order valence-electron chi connectivity index (χ3n) is 2.12. The lowest BCUT2D eigenvalue weighted by Gasteiger charge is -2.10. The summed E-state index contributed by atoms with van der Waals surface area (Å²) in [6, 6.07) is 1.26. The molecule has 0 aliphatic carbocycles. The van der Waals surface area contributed by atoms with Crippen molar-refractivity contribution in [1.82, 2.24) is 15.2 Å². The second kappa shape index (κ2) is 6.55. The molecule has 0 fully saturated rings. The van der Waals surface area contributed by atoms with E-state index in [1.165, 1.54) is 18.5 Å². The molecule has 18 heavy (non-hydrogen) atoms. The molecule has 0 radical (unpaired) electrons. The zero-order valence-corrected chi connectivity index (χ0v) is 10.3. The minimum absolute atomic E-state index is 0.0465. The molecule has 3 N–H and O–H groups in total. The molecule has 1 aromatic rings. The van der Waals surface area contributed by atoms with Crippen LogP contribution in [0.25, 0.3) is 0 Å². The van der Waals surface area contributed by atoms with E-state index < -0.39 is 11.8 Å². The van der Waals surface area contributed by atoms with Crippen LogP contribution in [0.5, 0.6) is 0 Å². The van der Waals surface area contributed by atoms with Gasteiger partial charge < -0.3 is 20.5 Å². The first-order valence-electron chi connectivity index (χ1n) is 5.41. The van der Waals surface area contributed by atoms with Crippen LogP contribution in [0.2, 0.25) is 0 Å². The van der Waals surface area contributed by atoms with Gasteiger partial charge in [0.2, 0.25) is 5.43 Å². The van der Waals surface area contributed by atoms with Crippen LogP contribution in [0.1, 0.15) is 0 Å². The van der Waals surface area contributed by atoms with Gasteiger partial charge in [-0.05, 0) is 14.1 Å². The van der Waals surface area contributed by atoms with Crippen molar-refractivity contribution in [2.75, 3.05) is 32.5 Å². The molecule has 0 saturated heterocycles. The fourth-order valence-corrected chi connectivity index (χ4v) is 1.17. The Morgan fingerprint density at radius 1 is 1.33 bits per heavy atom. The van der Waals surface area contributed by atoms with E-state index >= 15 is 0 Å². The molecule has 0 spiro atoms. The molecule has 2 amide bonds. The van der Waals surface area contributed by atoms with Gasteiger partial charge in [0.05, 0.1) is 0 Å². The SMILES string of the molecule is CN(C)CCNC(=O)C(=O)Nc1c[nH]ccc1=O. The van der Waals surface area contributed by atoms with Gasteiger partial charge in [0, 0.05) is 31.5 Å². The molecule has 98 valence electrons. The predicted molar refractivity (Wildman–Crippen MR) is 67.3 cm³/mol. The molecule has 1 heterocycles. The number of anilines is 1. The van der Waals surface area contributed by atoms with Crippen LogP contribution in [0.4, 0.5) is 5.69 Å². The second-order valence-corrected chi connectivity index (χ2v) is 3.94. The Morgan fingerprint density at radius 2 is 2.06 bits per heavy atom. The van der Waals surface area contributed by atoms with Crippen molar-refractivity contribution < 1.29 is 9.59 Å². The Bertz CT molecular complexity index is 481. The lowest BCUT2D eigenvalue weighted by atomic mass is 10.4. The summed E-state index contributed by atoms with van der Waals surface area (Å²) in [6.07, 6.45) is 2.77. The van der Waals surface area contributed by atoms with Gasteiger partial charge in [-0.1, -0.05) is 0 Å². The number of H-pyrrole nitrogens is 1. The zero-order valence-electron chi connectivity index (χ0n) is 10.3. The smallest absolute Gasteiger partial charge is 0.313 e. The van der Waals surface area contributed by atoms with Gasteiger partial charge in [-0.15, -0.1) is 0 Å². The number of pyridine rings is 1. The molecule has 7 nitrogen and oxygen atoms in total. The number of likely N-dealkylation sites (N-methyl/N-ethyl adjacent to an activating group) is 1. The van der Waals surface area contributed by atoms with Gasteiger partial charge in [-0.25, -0.2) is 0 Å². The van der Waals surface area contributed by atoms with Crippen molar-refractivity contribution in [3.8, 4) is 0 Å². The van der Waals surface area contributed by atoms with Gasteiger partial charge in [0.1, 0.15) is 5.69 Å². The van der Waals surface area contributed by atoms with Gasteiger partial charge >= 0.3 is 11.8 Å². The summed E-state index contributed by atoms with van der Waals surface area (Å²) >= 11 is 0. The molecule has 1 rings (SSSR count). The Morgan fingerprint density at radius 3 is 2.67 bits per heavy atom. The molecule has 0 aromatic carbocycles. The van der Waals surface area contributed by atoms with Gasteiger partial charge in [-0.3, -0.25) is 14.4 Å². The highest BCUT2D eigenvalue weighted by molar-refractivity contribution is 6.39. The zero-order chi connectivity index (χ0) is 13.5.